The fourth-order valence-corrected chi connectivity index (χ4v) is 3.36. The number of benzene rings is 3. The van der Waals surface area contributed by atoms with Crippen LogP contribution in [0.1, 0.15) is 5.56 Å². The van der Waals surface area contributed by atoms with Crippen LogP contribution in [0.5, 0.6) is 0 Å². The zero-order valence-electron chi connectivity index (χ0n) is 11.7. The SMILES string of the molecule is Cc1c(Br)ccc2c3ccccc3n(-c3ccccc3)c12. The summed E-state index contributed by atoms with van der Waals surface area (Å²) in [5.74, 6) is 0. The second kappa shape index (κ2) is 4.74. The lowest BCUT2D eigenvalue weighted by atomic mass is 10.1. The van der Waals surface area contributed by atoms with Crippen molar-refractivity contribution < 1.29 is 0 Å². The molecule has 0 saturated heterocycles. The molecule has 0 saturated carbocycles. The van der Waals surface area contributed by atoms with Crippen molar-refractivity contribution >= 4 is 37.7 Å². The number of para-hydroxylation sites is 2. The van der Waals surface area contributed by atoms with Crippen molar-refractivity contribution in [2.45, 2.75) is 6.92 Å². The van der Waals surface area contributed by atoms with Gasteiger partial charge in [0.25, 0.3) is 0 Å². The first-order valence-electron chi connectivity index (χ1n) is 7.01. The molecule has 0 spiro atoms. The van der Waals surface area contributed by atoms with E-state index < -0.39 is 0 Å². The van der Waals surface area contributed by atoms with Gasteiger partial charge in [-0.2, -0.15) is 0 Å². The van der Waals surface area contributed by atoms with Crippen LogP contribution in [0.2, 0.25) is 0 Å². The standard InChI is InChI=1S/C19H14BrN/c1-13-17(20)12-11-16-15-9-5-6-10-18(15)21(19(13)16)14-7-3-2-4-8-14/h2-12H,1H3. The molecule has 1 nitrogen and oxygen atoms in total. The van der Waals surface area contributed by atoms with Crippen molar-refractivity contribution in [3.8, 4) is 5.69 Å². The van der Waals surface area contributed by atoms with E-state index in [0.29, 0.717) is 0 Å². The van der Waals surface area contributed by atoms with Crippen LogP contribution >= 0.6 is 15.9 Å². The van der Waals surface area contributed by atoms with Crippen LogP contribution < -0.4 is 0 Å². The molecular weight excluding hydrogens is 322 g/mol. The van der Waals surface area contributed by atoms with E-state index in [4.69, 9.17) is 0 Å². The molecule has 0 unspecified atom stereocenters. The zero-order chi connectivity index (χ0) is 14.4. The first-order chi connectivity index (χ1) is 10.3. The molecule has 0 aliphatic heterocycles. The summed E-state index contributed by atoms with van der Waals surface area (Å²) in [7, 11) is 0. The van der Waals surface area contributed by atoms with Gasteiger partial charge < -0.3 is 4.57 Å². The summed E-state index contributed by atoms with van der Waals surface area (Å²) in [6.45, 7) is 2.17. The molecule has 1 heterocycles. The minimum atomic E-state index is 1.15. The highest BCUT2D eigenvalue weighted by Crippen LogP contribution is 2.36. The predicted octanol–water partition coefficient (Wildman–Crippen LogP) is 5.85. The minimum absolute atomic E-state index is 1.15. The smallest absolute Gasteiger partial charge is 0.0581 e. The summed E-state index contributed by atoms with van der Waals surface area (Å²) in [6, 6.07) is 23.5. The number of nitrogens with zero attached hydrogens (tertiary/aromatic N) is 1. The molecule has 4 rings (SSSR count). The molecule has 0 aliphatic carbocycles. The van der Waals surface area contributed by atoms with Gasteiger partial charge in [-0.25, -0.2) is 0 Å². The lowest BCUT2D eigenvalue weighted by Crippen LogP contribution is -1.95. The number of hydrogen-bond donors (Lipinski definition) is 0. The van der Waals surface area contributed by atoms with Crippen molar-refractivity contribution in [3.05, 3.63) is 76.8 Å². The summed E-state index contributed by atoms with van der Waals surface area (Å²) in [5.41, 5.74) is 4.99. The molecule has 0 radical (unpaired) electrons. The van der Waals surface area contributed by atoms with E-state index in [1.165, 1.54) is 33.1 Å². The van der Waals surface area contributed by atoms with Crippen LogP contribution in [0, 0.1) is 6.92 Å². The second-order valence-electron chi connectivity index (χ2n) is 5.26. The van der Waals surface area contributed by atoms with Gasteiger partial charge >= 0.3 is 0 Å². The van der Waals surface area contributed by atoms with Gasteiger partial charge in [-0.15, -0.1) is 0 Å². The monoisotopic (exact) mass is 335 g/mol. The highest BCUT2D eigenvalue weighted by molar-refractivity contribution is 9.10. The molecule has 1 aromatic heterocycles. The fraction of sp³-hybridized carbons (Fsp3) is 0.0526. The summed E-state index contributed by atoms with van der Waals surface area (Å²) in [4.78, 5) is 0. The number of rotatable bonds is 1. The number of aryl methyl sites for hydroxylation is 1. The van der Waals surface area contributed by atoms with Gasteiger partial charge in [0.1, 0.15) is 0 Å². The molecule has 0 amide bonds. The first kappa shape index (κ1) is 12.7. The Bertz CT molecular complexity index is 952. The van der Waals surface area contributed by atoms with Gasteiger partial charge in [-0.05, 0) is 36.8 Å². The van der Waals surface area contributed by atoms with Crippen LogP contribution in [0.25, 0.3) is 27.5 Å². The molecule has 4 aromatic rings. The molecule has 21 heavy (non-hydrogen) atoms. The number of hydrogen-bond acceptors (Lipinski definition) is 0. The Hall–Kier alpha value is -2.06. The summed E-state index contributed by atoms with van der Waals surface area (Å²) < 4.78 is 3.50. The van der Waals surface area contributed by atoms with Crippen LogP contribution in [-0.4, -0.2) is 4.57 Å². The summed E-state index contributed by atoms with van der Waals surface area (Å²) >= 11 is 3.67. The Kier molecular flexibility index (Phi) is 2.86. The van der Waals surface area contributed by atoms with E-state index in [1.807, 2.05) is 0 Å². The maximum atomic E-state index is 3.67. The summed E-state index contributed by atoms with van der Waals surface area (Å²) in [5, 5.41) is 2.60. The zero-order valence-corrected chi connectivity index (χ0v) is 13.3. The van der Waals surface area contributed by atoms with Crippen molar-refractivity contribution in [2.24, 2.45) is 0 Å². The van der Waals surface area contributed by atoms with E-state index >= 15 is 0 Å². The third-order valence-corrected chi connectivity index (χ3v) is 4.90. The molecule has 0 bridgehead atoms. The Morgan fingerprint density at radius 3 is 2.29 bits per heavy atom. The first-order valence-corrected chi connectivity index (χ1v) is 7.80. The summed E-state index contributed by atoms with van der Waals surface area (Å²) in [6.07, 6.45) is 0. The number of fused-ring (bicyclic) bond motifs is 3. The van der Waals surface area contributed by atoms with E-state index in [2.05, 4.69) is 94.2 Å². The van der Waals surface area contributed by atoms with Gasteiger partial charge in [-0.1, -0.05) is 58.4 Å². The second-order valence-corrected chi connectivity index (χ2v) is 6.11. The molecule has 102 valence electrons. The van der Waals surface area contributed by atoms with Crippen molar-refractivity contribution in [3.63, 3.8) is 0 Å². The number of aromatic nitrogens is 1. The quantitative estimate of drug-likeness (QED) is 0.411. The third kappa shape index (κ3) is 1.83. The molecule has 2 heteroatoms. The lowest BCUT2D eigenvalue weighted by Gasteiger charge is -2.10. The van der Waals surface area contributed by atoms with Gasteiger partial charge in [0.15, 0.2) is 0 Å². The highest BCUT2D eigenvalue weighted by Gasteiger charge is 2.14. The Morgan fingerprint density at radius 1 is 0.762 bits per heavy atom. The third-order valence-electron chi connectivity index (χ3n) is 4.04. The van der Waals surface area contributed by atoms with Crippen LogP contribution in [-0.2, 0) is 0 Å². The van der Waals surface area contributed by atoms with Crippen molar-refractivity contribution in [2.75, 3.05) is 0 Å². The van der Waals surface area contributed by atoms with E-state index in [9.17, 15) is 0 Å². The van der Waals surface area contributed by atoms with Crippen LogP contribution in [0.4, 0.5) is 0 Å². The normalized spacial score (nSPS) is 11.3. The molecular formula is C19H14BrN. The number of halogens is 1. The molecule has 3 aromatic carbocycles. The largest absolute Gasteiger partial charge is 0.309 e. The van der Waals surface area contributed by atoms with Gasteiger partial charge in [0.2, 0.25) is 0 Å². The Morgan fingerprint density at radius 2 is 1.48 bits per heavy atom. The average molecular weight is 336 g/mol. The minimum Gasteiger partial charge on any atom is -0.309 e. The Labute approximate surface area is 132 Å². The van der Waals surface area contributed by atoms with Gasteiger partial charge in [0.05, 0.1) is 11.0 Å². The van der Waals surface area contributed by atoms with Crippen LogP contribution in [0.3, 0.4) is 0 Å². The van der Waals surface area contributed by atoms with E-state index in [1.54, 1.807) is 0 Å². The lowest BCUT2D eigenvalue weighted by molar-refractivity contribution is 1.17. The maximum absolute atomic E-state index is 3.67. The van der Waals surface area contributed by atoms with E-state index in [0.717, 1.165) is 4.47 Å². The van der Waals surface area contributed by atoms with E-state index in [-0.39, 0.29) is 0 Å². The predicted molar refractivity (Wildman–Crippen MR) is 93.2 cm³/mol. The van der Waals surface area contributed by atoms with Gasteiger partial charge in [-0.3, -0.25) is 0 Å². The molecule has 0 atom stereocenters. The van der Waals surface area contributed by atoms with Gasteiger partial charge in [0, 0.05) is 20.9 Å². The average Bonchev–Trinajstić information content (AvgIpc) is 2.87. The fourth-order valence-electron chi connectivity index (χ4n) is 3.04. The topological polar surface area (TPSA) is 4.93 Å². The molecule has 0 aliphatic rings. The van der Waals surface area contributed by atoms with Crippen molar-refractivity contribution in [1.82, 2.24) is 4.57 Å². The maximum Gasteiger partial charge on any atom is 0.0581 e. The molecule has 0 N–H and O–H groups in total. The van der Waals surface area contributed by atoms with Crippen molar-refractivity contribution in [1.29, 1.82) is 0 Å². The molecule has 0 fully saturated rings. The Balaban J connectivity index is 2.28. The highest BCUT2D eigenvalue weighted by atomic mass is 79.9. The van der Waals surface area contributed by atoms with Crippen LogP contribution in [0.15, 0.2) is 71.2 Å².